The quantitative estimate of drug-likeness (QED) is 0.619. The number of methoxy groups -OCH3 is 1. The summed E-state index contributed by atoms with van der Waals surface area (Å²) in [6.07, 6.45) is 2.14. The number of carbonyl (C=O) groups excluding carboxylic acids is 2. The highest BCUT2D eigenvalue weighted by molar-refractivity contribution is 5.91. The molecular weight excluding hydrogens is 184 g/mol. The van der Waals surface area contributed by atoms with Gasteiger partial charge in [0.1, 0.15) is 0 Å². The summed E-state index contributed by atoms with van der Waals surface area (Å²) in [5.41, 5.74) is -0.254. The highest BCUT2D eigenvalue weighted by Crippen LogP contribution is 2.39. The fraction of sp³-hybridized carbons (Fsp3) is 0.778. The van der Waals surface area contributed by atoms with Crippen LogP contribution >= 0.6 is 0 Å². The van der Waals surface area contributed by atoms with Crippen molar-refractivity contribution in [3.8, 4) is 0 Å². The molecule has 0 radical (unpaired) electrons. The maximum absolute atomic E-state index is 11.7. The van der Waals surface area contributed by atoms with Crippen LogP contribution in [0.2, 0.25) is 0 Å². The van der Waals surface area contributed by atoms with E-state index < -0.39 is 0 Å². The first-order valence-corrected chi connectivity index (χ1v) is 4.79. The molecule has 1 N–H and O–H groups in total. The van der Waals surface area contributed by atoms with Crippen LogP contribution < -0.4 is 5.32 Å². The van der Waals surface area contributed by atoms with E-state index in [1.165, 1.54) is 7.11 Å². The predicted octanol–water partition coefficient (Wildman–Crippen LogP) is -0.529. The van der Waals surface area contributed by atoms with Gasteiger partial charge >= 0.3 is 5.97 Å². The Balaban J connectivity index is 1.82. The number of amides is 1. The lowest BCUT2D eigenvalue weighted by molar-refractivity contribution is -0.141. The van der Waals surface area contributed by atoms with Crippen molar-refractivity contribution in [3.63, 3.8) is 0 Å². The number of nitrogens with one attached hydrogen (secondary N) is 1. The Morgan fingerprint density at radius 1 is 1.64 bits per heavy atom. The molecule has 0 bridgehead atoms. The van der Waals surface area contributed by atoms with Crippen LogP contribution in [0.4, 0.5) is 0 Å². The van der Waals surface area contributed by atoms with Crippen LogP contribution in [0.5, 0.6) is 0 Å². The zero-order valence-electron chi connectivity index (χ0n) is 8.21. The van der Waals surface area contributed by atoms with Crippen molar-refractivity contribution >= 4 is 11.9 Å². The van der Waals surface area contributed by atoms with E-state index in [0.717, 1.165) is 12.8 Å². The molecule has 0 aromatic heterocycles. The maximum atomic E-state index is 11.7. The molecule has 14 heavy (non-hydrogen) atoms. The predicted molar refractivity (Wildman–Crippen MR) is 48.3 cm³/mol. The number of hydrogen-bond acceptors (Lipinski definition) is 4. The number of carbonyl (C=O) groups is 2. The Morgan fingerprint density at radius 3 is 2.86 bits per heavy atom. The summed E-state index contributed by atoms with van der Waals surface area (Å²) in [6, 6.07) is 0. The molecular formula is C9H14N2O3. The molecule has 1 aliphatic carbocycles. The second-order valence-corrected chi connectivity index (χ2v) is 3.81. The van der Waals surface area contributed by atoms with Crippen molar-refractivity contribution < 1.29 is 14.3 Å². The molecule has 5 nitrogen and oxygen atoms in total. The number of nitrogens with zero attached hydrogens (tertiary/aromatic N) is 1. The highest BCUT2D eigenvalue weighted by Gasteiger charge is 2.55. The van der Waals surface area contributed by atoms with Gasteiger partial charge in [-0.15, -0.1) is 0 Å². The smallest absolute Gasteiger partial charge is 0.307 e. The summed E-state index contributed by atoms with van der Waals surface area (Å²) in [7, 11) is 1.36. The zero-order valence-corrected chi connectivity index (χ0v) is 8.21. The Hall–Kier alpha value is -1.10. The first kappa shape index (κ1) is 9.45. The van der Waals surface area contributed by atoms with E-state index >= 15 is 0 Å². The van der Waals surface area contributed by atoms with Crippen LogP contribution in [0.1, 0.15) is 19.3 Å². The van der Waals surface area contributed by atoms with Gasteiger partial charge in [-0.3, -0.25) is 14.9 Å². The van der Waals surface area contributed by atoms with E-state index in [-0.39, 0.29) is 23.8 Å². The molecule has 1 aliphatic heterocycles. The minimum absolute atomic E-state index is 0.140. The molecule has 1 saturated carbocycles. The van der Waals surface area contributed by atoms with Gasteiger partial charge in [0.25, 0.3) is 0 Å². The highest BCUT2D eigenvalue weighted by atomic mass is 16.5. The normalized spacial score (nSPS) is 22.9. The third kappa shape index (κ3) is 1.48. The molecule has 78 valence electrons. The van der Waals surface area contributed by atoms with E-state index in [0.29, 0.717) is 13.2 Å². The van der Waals surface area contributed by atoms with E-state index in [4.69, 9.17) is 0 Å². The van der Waals surface area contributed by atoms with Crippen LogP contribution in [0.25, 0.3) is 0 Å². The third-order valence-electron chi connectivity index (χ3n) is 2.87. The van der Waals surface area contributed by atoms with Gasteiger partial charge in [0.05, 0.1) is 25.7 Å². The number of esters is 1. The van der Waals surface area contributed by atoms with Crippen LogP contribution in [-0.4, -0.2) is 42.6 Å². The first-order chi connectivity index (χ1) is 6.68. The van der Waals surface area contributed by atoms with Gasteiger partial charge in [-0.1, -0.05) is 0 Å². The van der Waals surface area contributed by atoms with Gasteiger partial charge in [0.15, 0.2) is 0 Å². The van der Waals surface area contributed by atoms with Crippen LogP contribution in [-0.2, 0) is 14.3 Å². The summed E-state index contributed by atoms with van der Waals surface area (Å²) in [6.45, 7) is 1.02. The standard InChI is InChI=1S/C9H14N2O3/c1-14-7(12)2-5-11-6-10-9(3-4-9)8(11)13/h10H,2-6H2,1H3. The maximum Gasteiger partial charge on any atom is 0.307 e. The average molecular weight is 198 g/mol. The largest absolute Gasteiger partial charge is 0.469 e. The molecule has 1 amide bonds. The zero-order chi connectivity index (χ0) is 10.2. The minimum Gasteiger partial charge on any atom is -0.469 e. The van der Waals surface area contributed by atoms with Crippen molar-refractivity contribution in [3.05, 3.63) is 0 Å². The molecule has 0 aromatic carbocycles. The first-order valence-electron chi connectivity index (χ1n) is 4.79. The summed E-state index contributed by atoms with van der Waals surface area (Å²) in [4.78, 5) is 24.3. The molecule has 1 spiro atoms. The Labute approximate surface area is 82.4 Å². The van der Waals surface area contributed by atoms with Crippen LogP contribution in [0, 0.1) is 0 Å². The minimum atomic E-state index is -0.269. The molecule has 1 heterocycles. The monoisotopic (exact) mass is 198 g/mol. The number of hydrogen-bond donors (Lipinski definition) is 1. The van der Waals surface area contributed by atoms with Crippen LogP contribution in [0.3, 0.4) is 0 Å². The lowest BCUT2D eigenvalue weighted by Gasteiger charge is -2.13. The number of rotatable bonds is 3. The third-order valence-corrected chi connectivity index (χ3v) is 2.87. The lowest BCUT2D eigenvalue weighted by Crippen LogP contribution is -2.33. The van der Waals surface area contributed by atoms with E-state index in [1.807, 2.05) is 0 Å². The van der Waals surface area contributed by atoms with E-state index in [9.17, 15) is 9.59 Å². The fourth-order valence-electron chi connectivity index (χ4n) is 1.72. The van der Waals surface area contributed by atoms with Crippen LogP contribution in [0.15, 0.2) is 0 Å². The van der Waals surface area contributed by atoms with Crippen molar-refractivity contribution in [1.29, 1.82) is 0 Å². The molecule has 0 unspecified atom stereocenters. The topological polar surface area (TPSA) is 58.6 Å². The second kappa shape index (κ2) is 3.24. The van der Waals surface area contributed by atoms with E-state index in [2.05, 4.69) is 10.1 Å². The molecule has 0 aromatic rings. The summed E-state index contributed by atoms with van der Waals surface area (Å²) in [5, 5.41) is 3.17. The van der Waals surface area contributed by atoms with Gasteiger partial charge in [-0.2, -0.15) is 0 Å². The molecule has 1 saturated heterocycles. The average Bonchev–Trinajstić information content (AvgIpc) is 2.91. The SMILES string of the molecule is COC(=O)CCN1CNC2(CC2)C1=O. The van der Waals surface area contributed by atoms with Crippen molar-refractivity contribution in [2.45, 2.75) is 24.8 Å². The van der Waals surface area contributed by atoms with Gasteiger partial charge in [-0.25, -0.2) is 0 Å². The van der Waals surface area contributed by atoms with Crippen molar-refractivity contribution in [2.75, 3.05) is 20.3 Å². The van der Waals surface area contributed by atoms with Gasteiger partial charge in [0.2, 0.25) is 5.91 Å². The van der Waals surface area contributed by atoms with Crippen molar-refractivity contribution in [1.82, 2.24) is 10.2 Å². The Morgan fingerprint density at radius 2 is 2.36 bits per heavy atom. The summed E-state index contributed by atoms with van der Waals surface area (Å²) in [5.74, 6) is -0.129. The molecule has 2 rings (SSSR count). The summed E-state index contributed by atoms with van der Waals surface area (Å²) >= 11 is 0. The van der Waals surface area contributed by atoms with Gasteiger partial charge < -0.3 is 9.64 Å². The second-order valence-electron chi connectivity index (χ2n) is 3.81. The van der Waals surface area contributed by atoms with E-state index in [1.54, 1.807) is 4.90 Å². The number of ether oxygens (including phenoxy) is 1. The Kier molecular flexibility index (Phi) is 2.19. The fourth-order valence-corrected chi connectivity index (χ4v) is 1.72. The molecule has 2 fully saturated rings. The molecule has 2 aliphatic rings. The lowest BCUT2D eigenvalue weighted by atomic mass is 10.2. The summed E-state index contributed by atoms with van der Waals surface area (Å²) < 4.78 is 4.52. The van der Waals surface area contributed by atoms with Crippen molar-refractivity contribution in [2.24, 2.45) is 0 Å². The molecule has 5 heteroatoms. The van der Waals surface area contributed by atoms with Gasteiger partial charge in [0, 0.05) is 6.54 Å². The van der Waals surface area contributed by atoms with Gasteiger partial charge in [-0.05, 0) is 12.8 Å². The Bertz CT molecular complexity index is 273. The molecule has 0 atom stereocenters.